The van der Waals surface area contributed by atoms with Crippen LogP contribution in [-0.4, -0.2) is 25.3 Å². The van der Waals surface area contributed by atoms with Gasteiger partial charge in [-0.25, -0.2) is 9.93 Å². The van der Waals surface area contributed by atoms with Crippen molar-refractivity contribution in [2.45, 2.75) is 6.92 Å². The standard InChI is InChI=1S/C11H18N2S2/c1-10-6-4-5-7-11(10)13(12-2)8-9-15(3)14/h4-7,14-15H,2,8-9H2,1,3H3. The second-order valence-corrected chi connectivity index (χ2v) is 7.24. The van der Waals surface area contributed by atoms with Gasteiger partial charge < -0.3 is 0 Å². The molecule has 1 rings (SSSR count). The molecule has 0 heterocycles. The molecule has 0 amide bonds. The third-order valence-corrected chi connectivity index (χ3v) is 3.65. The van der Waals surface area contributed by atoms with Crippen molar-refractivity contribution in [1.29, 1.82) is 0 Å². The van der Waals surface area contributed by atoms with E-state index in [0.717, 1.165) is 18.0 Å². The number of aryl methyl sites for hydroxylation is 1. The first-order chi connectivity index (χ1) is 7.15. The normalized spacial score (nSPS) is 13.4. The predicted molar refractivity (Wildman–Crippen MR) is 76.8 cm³/mol. The highest BCUT2D eigenvalue weighted by Gasteiger charge is 2.06. The van der Waals surface area contributed by atoms with Crippen molar-refractivity contribution in [2.75, 3.05) is 23.6 Å². The van der Waals surface area contributed by atoms with E-state index in [1.807, 2.05) is 17.1 Å². The number of benzene rings is 1. The lowest BCUT2D eigenvalue weighted by atomic mass is 10.2. The Morgan fingerprint density at radius 2 is 2.13 bits per heavy atom. The molecule has 0 radical (unpaired) electrons. The summed E-state index contributed by atoms with van der Waals surface area (Å²) in [4.78, 5) is 0. The number of hydrazone groups is 1. The summed E-state index contributed by atoms with van der Waals surface area (Å²) in [6.07, 6.45) is 2.15. The molecule has 0 N–H and O–H groups in total. The Morgan fingerprint density at radius 3 is 2.67 bits per heavy atom. The minimum Gasteiger partial charge on any atom is -0.265 e. The molecule has 0 aliphatic rings. The first kappa shape index (κ1) is 12.5. The second kappa shape index (κ2) is 6.08. The van der Waals surface area contributed by atoms with Gasteiger partial charge in [0.2, 0.25) is 0 Å². The summed E-state index contributed by atoms with van der Waals surface area (Å²) in [5.74, 6) is 1.06. The van der Waals surface area contributed by atoms with Crippen LogP contribution >= 0.6 is 21.6 Å². The Kier molecular flexibility index (Phi) is 5.05. The van der Waals surface area contributed by atoms with Crippen LogP contribution in [-0.2, 0) is 0 Å². The Hall–Kier alpha value is -0.610. The molecule has 84 valence electrons. The van der Waals surface area contributed by atoms with Gasteiger partial charge in [-0.2, -0.15) is 5.10 Å². The first-order valence-corrected chi connectivity index (χ1v) is 7.97. The molecule has 0 aliphatic heterocycles. The van der Waals surface area contributed by atoms with E-state index >= 15 is 0 Å². The van der Waals surface area contributed by atoms with Crippen molar-refractivity contribution < 1.29 is 0 Å². The van der Waals surface area contributed by atoms with Crippen molar-refractivity contribution in [2.24, 2.45) is 5.10 Å². The molecule has 1 aromatic carbocycles. The van der Waals surface area contributed by atoms with Crippen molar-refractivity contribution in [1.82, 2.24) is 0 Å². The summed E-state index contributed by atoms with van der Waals surface area (Å²) in [5, 5.41) is 6.00. The average Bonchev–Trinajstić information content (AvgIpc) is 2.21. The Bertz CT molecular complexity index is 326. The molecule has 2 nitrogen and oxygen atoms in total. The van der Waals surface area contributed by atoms with Gasteiger partial charge >= 0.3 is 0 Å². The van der Waals surface area contributed by atoms with Crippen LogP contribution in [0.5, 0.6) is 0 Å². The van der Waals surface area contributed by atoms with Crippen molar-refractivity contribution in [3.05, 3.63) is 29.8 Å². The van der Waals surface area contributed by atoms with Crippen molar-refractivity contribution >= 4 is 34.0 Å². The number of hydrogen-bond acceptors (Lipinski definition) is 3. The molecular formula is C11H18N2S2. The number of thiol groups is 2. The van der Waals surface area contributed by atoms with Gasteiger partial charge in [0, 0.05) is 19.0 Å². The zero-order chi connectivity index (χ0) is 11.3. The van der Waals surface area contributed by atoms with Crippen LogP contribution in [0.15, 0.2) is 29.4 Å². The molecule has 15 heavy (non-hydrogen) atoms. The molecule has 0 fully saturated rings. The van der Waals surface area contributed by atoms with Gasteiger partial charge in [0.05, 0.1) is 5.69 Å². The van der Waals surface area contributed by atoms with Crippen molar-refractivity contribution in [3.63, 3.8) is 0 Å². The molecule has 1 atom stereocenters. The maximum atomic E-state index is 4.43. The summed E-state index contributed by atoms with van der Waals surface area (Å²) in [5.41, 5.74) is 2.36. The first-order valence-electron chi connectivity index (χ1n) is 4.85. The Morgan fingerprint density at radius 1 is 1.47 bits per heavy atom. The number of nitrogens with zero attached hydrogens (tertiary/aromatic N) is 2. The van der Waals surface area contributed by atoms with Gasteiger partial charge in [0.1, 0.15) is 0 Å². The molecule has 0 aliphatic carbocycles. The highest BCUT2D eigenvalue weighted by Crippen LogP contribution is 2.26. The lowest BCUT2D eigenvalue weighted by Gasteiger charge is -2.21. The fourth-order valence-corrected chi connectivity index (χ4v) is 2.11. The van der Waals surface area contributed by atoms with Gasteiger partial charge in [-0.3, -0.25) is 5.01 Å². The molecule has 1 aromatic rings. The summed E-state index contributed by atoms with van der Waals surface area (Å²) in [7, 11) is -0.174. The van der Waals surface area contributed by atoms with Crippen LogP contribution in [0.2, 0.25) is 0 Å². The number of para-hydroxylation sites is 1. The molecule has 0 aromatic heterocycles. The van der Waals surface area contributed by atoms with Gasteiger partial charge in [0.25, 0.3) is 0 Å². The highest BCUT2D eigenvalue weighted by molar-refractivity contribution is 8.77. The third-order valence-electron chi connectivity index (χ3n) is 2.20. The fraction of sp³-hybridized carbons (Fsp3) is 0.364. The quantitative estimate of drug-likeness (QED) is 0.351. The summed E-state index contributed by atoms with van der Waals surface area (Å²) >= 11 is 4.43. The average molecular weight is 242 g/mol. The van der Waals surface area contributed by atoms with E-state index in [9.17, 15) is 0 Å². The summed E-state index contributed by atoms with van der Waals surface area (Å²) in [6.45, 7) is 6.59. The lowest BCUT2D eigenvalue weighted by Crippen LogP contribution is -2.20. The van der Waals surface area contributed by atoms with E-state index in [1.54, 1.807) is 0 Å². The van der Waals surface area contributed by atoms with Gasteiger partial charge in [0.15, 0.2) is 0 Å². The molecule has 0 saturated heterocycles. The number of hydrogen-bond donors (Lipinski definition) is 2. The molecule has 0 bridgehead atoms. The van der Waals surface area contributed by atoms with Gasteiger partial charge in [-0.1, -0.05) is 18.2 Å². The van der Waals surface area contributed by atoms with Crippen LogP contribution in [0.4, 0.5) is 5.69 Å². The number of rotatable bonds is 5. The summed E-state index contributed by atoms with van der Waals surface area (Å²) in [6, 6.07) is 8.21. The molecule has 0 spiro atoms. The Balaban J connectivity index is 2.74. The summed E-state index contributed by atoms with van der Waals surface area (Å²) < 4.78 is 0. The van der Waals surface area contributed by atoms with E-state index < -0.39 is 0 Å². The largest absolute Gasteiger partial charge is 0.265 e. The van der Waals surface area contributed by atoms with E-state index in [2.05, 4.69) is 48.8 Å². The molecule has 0 saturated carbocycles. The molecule has 1 unspecified atom stereocenters. The van der Waals surface area contributed by atoms with Gasteiger partial charge in [-0.15, -0.1) is 11.7 Å². The SMILES string of the molecule is C=NN(CC[SH](C)S)c1ccccc1C. The van der Waals surface area contributed by atoms with E-state index in [1.165, 1.54) is 5.56 Å². The molecular weight excluding hydrogens is 224 g/mol. The predicted octanol–water partition coefficient (Wildman–Crippen LogP) is 2.89. The molecule has 4 heteroatoms. The minimum absolute atomic E-state index is 0.174. The van der Waals surface area contributed by atoms with Crippen LogP contribution in [0.25, 0.3) is 0 Å². The topological polar surface area (TPSA) is 15.6 Å². The zero-order valence-corrected chi connectivity index (χ0v) is 11.0. The third kappa shape index (κ3) is 3.80. The highest BCUT2D eigenvalue weighted by atomic mass is 33.1. The van der Waals surface area contributed by atoms with Crippen LogP contribution in [0, 0.1) is 6.92 Å². The van der Waals surface area contributed by atoms with Gasteiger partial charge in [-0.05, 0) is 24.8 Å². The van der Waals surface area contributed by atoms with Crippen LogP contribution in [0.1, 0.15) is 5.56 Å². The number of anilines is 1. The van der Waals surface area contributed by atoms with E-state index in [4.69, 9.17) is 0 Å². The maximum Gasteiger partial charge on any atom is 0.0623 e. The smallest absolute Gasteiger partial charge is 0.0623 e. The van der Waals surface area contributed by atoms with E-state index in [0.29, 0.717) is 0 Å². The second-order valence-electron chi connectivity index (χ2n) is 3.43. The lowest BCUT2D eigenvalue weighted by molar-refractivity contribution is 0.903. The minimum atomic E-state index is -0.174. The van der Waals surface area contributed by atoms with E-state index in [-0.39, 0.29) is 9.93 Å². The zero-order valence-electron chi connectivity index (χ0n) is 9.22. The fourth-order valence-electron chi connectivity index (χ4n) is 1.36. The van der Waals surface area contributed by atoms with Crippen LogP contribution < -0.4 is 5.01 Å². The van der Waals surface area contributed by atoms with Crippen LogP contribution in [0.3, 0.4) is 0 Å². The Labute approximate surface area is 99.5 Å². The maximum absolute atomic E-state index is 4.43. The van der Waals surface area contributed by atoms with Crippen molar-refractivity contribution in [3.8, 4) is 0 Å². The monoisotopic (exact) mass is 242 g/mol.